The van der Waals surface area contributed by atoms with Crippen LogP contribution >= 0.6 is 0 Å². The Morgan fingerprint density at radius 1 is 1.50 bits per heavy atom. The zero-order valence-electron chi connectivity index (χ0n) is 11.2. The molecule has 100 valence electrons. The summed E-state index contributed by atoms with van der Waals surface area (Å²) in [7, 11) is 1.68. The minimum Gasteiger partial charge on any atom is -0.497 e. The van der Waals surface area contributed by atoms with Gasteiger partial charge in [0.1, 0.15) is 5.75 Å². The second-order valence-electron chi connectivity index (χ2n) is 4.70. The maximum absolute atomic E-state index is 6.02. The highest BCUT2D eigenvalue weighted by Gasteiger charge is 2.19. The molecule has 1 atom stereocenters. The zero-order valence-corrected chi connectivity index (χ0v) is 11.2. The molecule has 2 N–H and O–H groups in total. The van der Waals surface area contributed by atoms with Gasteiger partial charge >= 0.3 is 0 Å². The molecule has 0 aromatic heterocycles. The normalized spacial score (nSPS) is 20.9. The van der Waals surface area contributed by atoms with Crippen molar-refractivity contribution in [2.45, 2.75) is 26.0 Å². The van der Waals surface area contributed by atoms with Gasteiger partial charge in [0.2, 0.25) is 0 Å². The topological polar surface area (TPSA) is 47.7 Å². The van der Waals surface area contributed by atoms with Gasteiger partial charge in [0, 0.05) is 25.3 Å². The van der Waals surface area contributed by atoms with Crippen LogP contribution in [0.15, 0.2) is 18.2 Å². The van der Waals surface area contributed by atoms with E-state index in [1.807, 2.05) is 18.2 Å². The maximum atomic E-state index is 6.02. The molecule has 0 saturated carbocycles. The predicted octanol–water partition coefficient (Wildman–Crippen LogP) is 1.89. The smallest absolute Gasteiger partial charge is 0.119 e. The average molecular weight is 250 g/mol. The lowest BCUT2D eigenvalue weighted by atomic mass is 10.1. The first kappa shape index (κ1) is 13.2. The van der Waals surface area contributed by atoms with Crippen molar-refractivity contribution in [2.75, 3.05) is 32.5 Å². The molecule has 18 heavy (non-hydrogen) atoms. The highest BCUT2D eigenvalue weighted by molar-refractivity contribution is 5.50. The second-order valence-corrected chi connectivity index (χ2v) is 4.70. The first-order valence-electron chi connectivity index (χ1n) is 6.49. The van der Waals surface area contributed by atoms with E-state index < -0.39 is 0 Å². The van der Waals surface area contributed by atoms with Crippen LogP contribution in [0.1, 0.15) is 18.9 Å². The molecule has 1 heterocycles. The summed E-state index contributed by atoms with van der Waals surface area (Å²) in [6.45, 7) is 5.78. The third-order valence-electron chi connectivity index (χ3n) is 3.42. The van der Waals surface area contributed by atoms with Crippen LogP contribution in [-0.2, 0) is 11.3 Å². The van der Waals surface area contributed by atoms with Crippen molar-refractivity contribution in [1.29, 1.82) is 0 Å². The van der Waals surface area contributed by atoms with E-state index in [0.717, 1.165) is 49.7 Å². The molecular weight excluding hydrogens is 228 g/mol. The fraction of sp³-hybridized carbons (Fsp3) is 0.571. The van der Waals surface area contributed by atoms with Gasteiger partial charge in [-0.3, -0.25) is 4.90 Å². The fourth-order valence-electron chi connectivity index (χ4n) is 2.26. The Labute approximate surface area is 109 Å². The standard InChI is InChI=1S/C14H22N2O2/c1-3-12-10-16(6-7-18-12)9-11-8-13(17-2)4-5-14(11)15/h4-5,8,12H,3,6-7,9-10,15H2,1-2H3. The number of morpholine rings is 1. The Hall–Kier alpha value is -1.26. The first-order chi connectivity index (χ1) is 8.72. The summed E-state index contributed by atoms with van der Waals surface area (Å²) in [5, 5.41) is 0. The van der Waals surface area contributed by atoms with Gasteiger partial charge in [-0.15, -0.1) is 0 Å². The van der Waals surface area contributed by atoms with Crippen molar-refractivity contribution in [1.82, 2.24) is 4.90 Å². The van der Waals surface area contributed by atoms with E-state index in [2.05, 4.69) is 11.8 Å². The molecule has 1 saturated heterocycles. The Balaban J connectivity index is 2.04. The Morgan fingerprint density at radius 2 is 2.33 bits per heavy atom. The van der Waals surface area contributed by atoms with Crippen molar-refractivity contribution >= 4 is 5.69 Å². The lowest BCUT2D eigenvalue weighted by Crippen LogP contribution is -2.41. The summed E-state index contributed by atoms with van der Waals surface area (Å²) in [4.78, 5) is 2.39. The number of benzene rings is 1. The second kappa shape index (κ2) is 6.07. The predicted molar refractivity (Wildman–Crippen MR) is 72.7 cm³/mol. The third kappa shape index (κ3) is 3.15. The average Bonchev–Trinajstić information content (AvgIpc) is 2.41. The Bertz CT molecular complexity index is 395. The fourth-order valence-corrected chi connectivity index (χ4v) is 2.26. The largest absolute Gasteiger partial charge is 0.497 e. The Morgan fingerprint density at radius 3 is 3.06 bits per heavy atom. The number of hydrogen-bond donors (Lipinski definition) is 1. The van der Waals surface area contributed by atoms with Crippen LogP contribution in [0.3, 0.4) is 0 Å². The van der Waals surface area contributed by atoms with E-state index in [1.54, 1.807) is 7.11 Å². The van der Waals surface area contributed by atoms with E-state index in [-0.39, 0.29) is 0 Å². The summed E-state index contributed by atoms with van der Waals surface area (Å²) >= 11 is 0. The van der Waals surface area contributed by atoms with Gasteiger partial charge in [0.15, 0.2) is 0 Å². The van der Waals surface area contributed by atoms with Gasteiger partial charge in [0.25, 0.3) is 0 Å². The molecule has 1 aliphatic heterocycles. The van der Waals surface area contributed by atoms with Gasteiger partial charge in [-0.25, -0.2) is 0 Å². The molecule has 1 aromatic rings. The van der Waals surface area contributed by atoms with E-state index in [0.29, 0.717) is 6.10 Å². The minimum absolute atomic E-state index is 0.352. The molecule has 1 fully saturated rings. The first-order valence-corrected chi connectivity index (χ1v) is 6.49. The maximum Gasteiger partial charge on any atom is 0.119 e. The van der Waals surface area contributed by atoms with E-state index in [1.165, 1.54) is 0 Å². The number of nitrogen functional groups attached to an aromatic ring is 1. The summed E-state index contributed by atoms with van der Waals surface area (Å²) in [5.74, 6) is 0.861. The molecule has 4 heteroatoms. The number of methoxy groups -OCH3 is 1. The number of ether oxygens (including phenoxy) is 2. The Kier molecular flexibility index (Phi) is 4.44. The van der Waals surface area contributed by atoms with Gasteiger partial charge in [-0.1, -0.05) is 6.92 Å². The highest BCUT2D eigenvalue weighted by atomic mass is 16.5. The van der Waals surface area contributed by atoms with Crippen LogP contribution in [0.4, 0.5) is 5.69 Å². The minimum atomic E-state index is 0.352. The molecule has 4 nitrogen and oxygen atoms in total. The number of anilines is 1. The summed E-state index contributed by atoms with van der Waals surface area (Å²) < 4.78 is 10.9. The molecular formula is C14H22N2O2. The van der Waals surface area contributed by atoms with Crippen molar-refractivity contribution in [3.8, 4) is 5.75 Å². The zero-order chi connectivity index (χ0) is 13.0. The summed E-state index contributed by atoms with van der Waals surface area (Å²) in [6.07, 6.45) is 1.41. The molecule has 0 amide bonds. The molecule has 1 aliphatic rings. The SMILES string of the molecule is CCC1CN(Cc2cc(OC)ccc2N)CCO1. The van der Waals surface area contributed by atoms with Crippen LogP contribution in [-0.4, -0.2) is 37.8 Å². The molecule has 1 unspecified atom stereocenters. The quantitative estimate of drug-likeness (QED) is 0.829. The van der Waals surface area contributed by atoms with Crippen LogP contribution in [0, 0.1) is 0 Å². The number of hydrogen-bond acceptors (Lipinski definition) is 4. The van der Waals surface area contributed by atoms with Crippen molar-refractivity contribution in [3.05, 3.63) is 23.8 Å². The molecule has 1 aromatic carbocycles. The molecule has 0 aliphatic carbocycles. The highest BCUT2D eigenvalue weighted by Crippen LogP contribution is 2.22. The number of rotatable bonds is 4. The van der Waals surface area contributed by atoms with Crippen molar-refractivity contribution in [2.24, 2.45) is 0 Å². The van der Waals surface area contributed by atoms with Crippen LogP contribution in [0.25, 0.3) is 0 Å². The number of nitrogens with zero attached hydrogens (tertiary/aromatic N) is 1. The van der Waals surface area contributed by atoms with E-state index in [9.17, 15) is 0 Å². The van der Waals surface area contributed by atoms with Crippen molar-refractivity contribution < 1.29 is 9.47 Å². The van der Waals surface area contributed by atoms with Gasteiger partial charge in [-0.2, -0.15) is 0 Å². The van der Waals surface area contributed by atoms with Gasteiger partial charge < -0.3 is 15.2 Å². The molecule has 2 rings (SSSR count). The van der Waals surface area contributed by atoms with Crippen LogP contribution in [0.5, 0.6) is 5.75 Å². The van der Waals surface area contributed by atoms with Gasteiger partial charge in [0.05, 0.1) is 19.8 Å². The molecule has 0 radical (unpaired) electrons. The summed E-state index contributed by atoms with van der Waals surface area (Å²) in [6, 6.07) is 5.82. The molecule has 0 spiro atoms. The van der Waals surface area contributed by atoms with Crippen LogP contribution in [0.2, 0.25) is 0 Å². The molecule has 0 bridgehead atoms. The van der Waals surface area contributed by atoms with Crippen molar-refractivity contribution in [3.63, 3.8) is 0 Å². The van der Waals surface area contributed by atoms with E-state index >= 15 is 0 Å². The number of nitrogens with two attached hydrogens (primary N) is 1. The lowest BCUT2D eigenvalue weighted by Gasteiger charge is -2.32. The monoisotopic (exact) mass is 250 g/mol. The van der Waals surface area contributed by atoms with E-state index in [4.69, 9.17) is 15.2 Å². The third-order valence-corrected chi connectivity index (χ3v) is 3.42. The van der Waals surface area contributed by atoms with Gasteiger partial charge in [-0.05, 0) is 30.2 Å². The summed E-state index contributed by atoms with van der Waals surface area (Å²) in [5.41, 5.74) is 7.97. The van der Waals surface area contributed by atoms with Crippen LogP contribution < -0.4 is 10.5 Å². The lowest BCUT2D eigenvalue weighted by molar-refractivity contribution is -0.0324.